The van der Waals surface area contributed by atoms with Crippen LogP contribution in [0.4, 0.5) is 0 Å². The van der Waals surface area contributed by atoms with Crippen LogP contribution in [0.15, 0.2) is 0 Å². The average molecular weight is 141 g/mol. The van der Waals surface area contributed by atoms with Gasteiger partial charge in [0.05, 0.1) is 0 Å². The molecule has 1 nitrogen and oxygen atoms in total. The lowest BCUT2D eigenvalue weighted by molar-refractivity contribution is 0.217. The molecule has 0 N–H and O–H groups in total. The van der Waals surface area contributed by atoms with E-state index >= 15 is 0 Å². The van der Waals surface area contributed by atoms with Gasteiger partial charge in [0.1, 0.15) is 0 Å². The molecular weight excluding hydrogens is 122 g/mol. The largest absolute Gasteiger partial charge is 0.300 e. The van der Waals surface area contributed by atoms with Gasteiger partial charge in [0.25, 0.3) is 0 Å². The SMILES string of the molecule is CCN1CCC[C@H]1C(C)C. The second kappa shape index (κ2) is 3.38. The van der Waals surface area contributed by atoms with E-state index in [2.05, 4.69) is 25.7 Å². The molecule has 0 spiro atoms. The summed E-state index contributed by atoms with van der Waals surface area (Å²) in [6.07, 6.45) is 2.84. The van der Waals surface area contributed by atoms with E-state index in [1.54, 1.807) is 0 Å². The fourth-order valence-electron chi connectivity index (χ4n) is 2.00. The van der Waals surface area contributed by atoms with Crippen molar-refractivity contribution in [2.75, 3.05) is 13.1 Å². The maximum Gasteiger partial charge on any atom is 0.0119 e. The van der Waals surface area contributed by atoms with Crippen molar-refractivity contribution in [2.45, 2.75) is 39.7 Å². The van der Waals surface area contributed by atoms with Gasteiger partial charge in [-0.05, 0) is 31.8 Å². The molecule has 0 radical (unpaired) electrons. The summed E-state index contributed by atoms with van der Waals surface area (Å²) in [5.74, 6) is 0.849. The predicted octanol–water partition coefficient (Wildman–Crippen LogP) is 2.13. The van der Waals surface area contributed by atoms with Crippen molar-refractivity contribution in [1.82, 2.24) is 4.90 Å². The van der Waals surface area contributed by atoms with Gasteiger partial charge in [0, 0.05) is 6.04 Å². The maximum absolute atomic E-state index is 2.60. The van der Waals surface area contributed by atoms with Crippen molar-refractivity contribution in [3.63, 3.8) is 0 Å². The molecule has 0 unspecified atom stereocenters. The van der Waals surface area contributed by atoms with Gasteiger partial charge in [0.15, 0.2) is 0 Å². The van der Waals surface area contributed by atoms with Crippen molar-refractivity contribution >= 4 is 0 Å². The van der Waals surface area contributed by atoms with E-state index in [-0.39, 0.29) is 0 Å². The molecule has 0 bridgehead atoms. The monoisotopic (exact) mass is 141 g/mol. The quantitative estimate of drug-likeness (QED) is 0.569. The molecule has 10 heavy (non-hydrogen) atoms. The fourth-order valence-corrected chi connectivity index (χ4v) is 2.00. The van der Waals surface area contributed by atoms with Crippen LogP contribution in [-0.2, 0) is 0 Å². The molecule has 1 aliphatic heterocycles. The zero-order valence-electron chi connectivity index (χ0n) is 7.43. The minimum atomic E-state index is 0.849. The van der Waals surface area contributed by atoms with Crippen molar-refractivity contribution in [3.05, 3.63) is 0 Å². The Labute approximate surface area is 64.4 Å². The predicted molar refractivity (Wildman–Crippen MR) is 45.1 cm³/mol. The molecule has 1 atom stereocenters. The molecule has 1 saturated heterocycles. The summed E-state index contributed by atoms with van der Waals surface area (Å²) in [5, 5.41) is 0. The van der Waals surface area contributed by atoms with Gasteiger partial charge in [-0.3, -0.25) is 0 Å². The Hall–Kier alpha value is -0.0400. The van der Waals surface area contributed by atoms with Crippen molar-refractivity contribution in [1.29, 1.82) is 0 Å². The summed E-state index contributed by atoms with van der Waals surface area (Å²) in [5.41, 5.74) is 0. The first-order chi connectivity index (χ1) is 4.75. The molecule has 0 aromatic carbocycles. The number of rotatable bonds is 2. The molecule has 1 heteroatoms. The lowest BCUT2D eigenvalue weighted by atomic mass is 10.0. The highest BCUT2D eigenvalue weighted by Crippen LogP contribution is 2.22. The molecule has 0 saturated carbocycles. The van der Waals surface area contributed by atoms with Crippen molar-refractivity contribution < 1.29 is 0 Å². The van der Waals surface area contributed by atoms with E-state index in [1.165, 1.54) is 25.9 Å². The Morgan fingerprint density at radius 2 is 2.20 bits per heavy atom. The molecule has 1 heterocycles. The lowest BCUT2D eigenvalue weighted by Gasteiger charge is -2.25. The highest BCUT2D eigenvalue weighted by molar-refractivity contribution is 4.80. The number of likely N-dealkylation sites (tertiary alicyclic amines) is 1. The standard InChI is InChI=1S/C9H19N/c1-4-10-7-5-6-9(10)8(2)3/h8-9H,4-7H2,1-3H3/t9-/m0/s1. The highest BCUT2D eigenvalue weighted by atomic mass is 15.2. The first-order valence-electron chi connectivity index (χ1n) is 4.49. The van der Waals surface area contributed by atoms with Gasteiger partial charge in [-0.2, -0.15) is 0 Å². The molecule has 0 aromatic heterocycles. The molecule has 1 aliphatic rings. The summed E-state index contributed by atoms with van der Waals surface area (Å²) in [6.45, 7) is 9.50. The van der Waals surface area contributed by atoms with Gasteiger partial charge in [-0.15, -0.1) is 0 Å². The molecule has 0 amide bonds. The summed E-state index contributed by atoms with van der Waals surface area (Å²) < 4.78 is 0. The smallest absolute Gasteiger partial charge is 0.0119 e. The van der Waals surface area contributed by atoms with E-state index in [0.29, 0.717) is 0 Å². The van der Waals surface area contributed by atoms with Crippen LogP contribution in [0.1, 0.15) is 33.6 Å². The zero-order chi connectivity index (χ0) is 7.56. The molecular formula is C9H19N. The molecule has 0 aromatic rings. The van der Waals surface area contributed by atoms with Crippen molar-refractivity contribution in [2.24, 2.45) is 5.92 Å². The topological polar surface area (TPSA) is 3.24 Å². The molecule has 60 valence electrons. The Morgan fingerprint density at radius 1 is 1.50 bits per heavy atom. The number of hydrogen-bond donors (Lipinski definition) is 0. The Morgan fingerprint density at radius 3 is 2.60 bits per heavy atom. The van der Waals surface area contributed by atoms with Crippen LogP contribution in [0.3, 0.4) is 0 Å². The minimum Gasteiger partial charge on any atom is -0.300 e. The van der Waals surface area contributed by atoms with Crippen LogP contribution in [-0.4, -0.2) is 24.0 Å². The minimum absolute atomic E-state index is 0.849. The maximum atomic E-state index is 2.60. The summed E-state index contributed by atoms with van der Waals surface area (Å²) in [4.78, 5) is 2.60. The number of hydrogen-bond acceptors (Lipinski definition) is 1. The summed E-state index contributed by atoms with van der Waals surface area (Å²) in [6, 6.07) is 0.880. The van der Waals surface area contributed by atoms with E-state index in [4.69, 9.17) is 0 Å². The molecule has 0 aliphatic carbocycles. The van der Waals surface area contributed by atoms with Crippen LogP contribution in [0.2, 0.25) is 0 Å². The Balaban J connectivity index is 2.42. The van der Waals surface area contributed by atoms with E-state index < -0.39 is 0 Å². The van der Waals surface area contributed by atoms with Crippen LogP contribution >= 0.6 is 0 Å². The van der Waals surface area contributed by atoms with E-state index in [1.807, 2.05) is 0 Å². The first-order valence-corrected chi connectivity index (χ1v) is 4.49. The van der Waals surface area contributed by atoms with Gasteiger partial charge in [-0.1, -0.05) is 20.8 Å². The van der Waals surface area contributed by atoms with Crippen molar-refractivity contribution in [3.8, 4) is 0 Å². The zero-order valence-corrected chi connectivity index (χ0v) is 7.43. The van der Waals surface area contributed by atoms with Gasteiger partial charge in [0.2, 0.25) is 0 Å². The normalized spacial score (nSPS) is 28.2. The van der Waals surface area contributed by atoms with Crippen LogP contribution in [0.5, 0.6) is 0 Å². The molecule has 1 fully saturated rings. The third-order valence-electron chi connectivity index (χ3n) is 2.59. The summed E-state index contributed by atoms with van der Waals surface area (Å²) >= 11 is 0. The molecule has 1 rings (SSSR count). The van der Waals surface area contributed by atoms with E-state index in [0.717, 1.165) is 12.0 Å². The van der Waals surface area contributed by atoms with Gasteiger partial charge < -0.3 is 4.90 Å². The van der Waals surface area contributed by atoms with Gasteiger partial charge in [-0.25, -0.2) is 0 Å². The fraction of sp³-hybridized carbons (Fsp3) is 1.00. The number of nitrogens with zero attached hydrogens (tertiary/aromatic N) is 1. The summed E-state index contributed by atoms with van der Waals surface area (Å²) in [7, 11) is 0. The highest BCUT2D eigenvalue weighted by Gasteiger charge is 2.24. The first kappa shape index (κ1) is 8.06. The Kier molecular flexibility index (Phi) is 2.72. The average Bonchev–Trinajstić information content (AvgIpc) is 2.33. The van der Waals surface area contributed by atoms with Gasteiger partial charge >= 0.3 is 0 Å². The van der Waals surface area contributed by atoms with E-state index in [9.17, 15) is 0 Å². The Bertz CT molecular complexity index is 98.9. The van der Waals surface area contributed by atoms with Crippen LogP contribution in [0.25, 0.3) is 0 Å². The second-order valence-electron chi connectivity index (χ2n) is 3.58. The lowest BCUT2D eigenvalue weighted by Crippen LogP contribution is -2.32. The van der Waals surface area contributed by atoms with Crippen LogP contribution in [0, 0.1) is 5.92 Å². The third kappa shape index (κ3) is 1.51. The second-order valence-corrected chi connectivity index (χ2v) is 3.58. The third-order valence-corrected chi connectivity index (χ3v) is 2.59. The van der Waals surface area contributed by atoms with Crippen LogP contribution < -0.4 is 0 Å².